The molecule has 6 heteroatoms. The minimum absolute atomic E-state index is 0.317. The lowest BCUT2D eigenvalue weighted by atomic mass is 9.89. The first-order chi connectivity index (χ1) is 14.3. The molecule has 1 atom stereocenters. The van der Waals surface area contributed by atoms with E-state index in [0.29, 0.717) is 0 Å². The Balaban J connectivity index is 1.53. The van der Waals surface area contributed by atoms with E-state index < -0.39 is 17.5 Å². The van der Waals surface area contributed by atoms with Crippen LogP contribution in [0, 0.1) is 6.92 Å². The smallest absolute Gasteiger partial charge is 0.324 e. The van der Waals surface area contributed by atoms with Gasteiger partial charge >= 0.3 is 6.03 Å². The third-order valence-corrected chi connectivity index (χ3v) is 6.26. The van der Waals surface area contributed by atoms with Crippen LogP contribution < -0.4 is 10.6 Å². The second-order valence-corrected chi connectivity index (χ2v) is 8.29. The molecule has 0 saturated carbocycles. The van der Waals surface area contributed by atoms with Gasteiger partial charge in [0.05, 0.1) is 0 Å². The maximum atomic E-state index is 13.2. The number of rotatable bonds is 5. The van der Waals surface area contributed by atoms with Crippen LogP contribution in [-0.2, 0) is 34.4 Å². The molecule has 2 aliphatic rings. The van der Waals surface area contributed by atoms with Crippen LogP contribution in [0.15, 0.2) is 36.4 Å². The van der Waals surface area contributed by atoms with Crippen LogP contribution in [0.2, 0.25) is 0 Å². The molecule has 30 heavy (non-hydrogen) atoms. The summed E-state index contributed by atoms with van der Waals surface area (Å²) in [6, 6.07) is 11.3. The molecule has 4 rings (SSSR count). The molecule has 0 spiro atoms. The standard InChI is InChI=1S/C24H27N3O3/c1-4-16-8-5-7-15(2)21(16)25-20(28)14-27-22(29)24(3,26-23(27)30)19-12-11-17-9-6-10-18(17)13-19/h5,7-8,11-13H,4,6,9-10,14H2,1-3H3,(H,25,28)(H,26,30)/t24-/m0/s1. The number of hydrogen-bond acceptors (Lipinski definition) is 3. The zero-order valence-electron chi connectivity index (χ0n) is 17.7. The summed E-state index contributed by atoms with van der Waals surface area (Å²) in [6.45, 7) is 5.33. The number of anilines is 1. The second kappa shape index (κ2) is 7.59. The number of nitrogens with zero attached hydrogens (tertiary/aromatic N) is 1. The van der Waals surface area contributed by atoms with Crippen molar-refractivity contribution in [1.29, 1.82) is 0 Å². The monoisotopic (exact) mass is 405 g/mol. The molecule has 2 aromatic rings. The zero-order valence-corrected chi connectivity index (χ0v) is 17.7. The van der Waals surface area contributed by atoms with E-state index in [9.17, 15) is 14.4 Å². The van der Waals surface area contributed by atoms with E-state index >= 15 is 0 Å². The average molecular weight is 405 g/mol. The molecule has 4 amide bonds. The molecule has 0 unspecified atom stereocenters. The molecule has 0 bridgehead atoms. The van der Waals surface area contributed by atoms with Crippen LogP contribution in [0.25, 0.3) is 0 Å². The number of hydrogen-bond donors (Lipinski definition) is 2. The maximum Gasteiger partial charge on any atom is 0.325 e. The van der Waals surface area contributed by atoms with Crippen molar-refractivity contribution in [3.63, 3.8) is 0 Å². The minimum Gasteiger partial charge on any atom is -0.324 e. The van der Waals surface area contributed by atoms with E-state index in [1.165, 1.54) is 11.1 Å². The molecule has 0 aromatic heterocycles. The molecular formula is C24H27N3O3. The van der Waals surface area contributed by atoms with Crippen LogP contribution >= 0.6 is 0 Å². The Morgan fingerprint density at radius 3 is 2.70 bits per heavy atom. The fourth-order valence-electron chi connectivity index (χ4n) is 4.44. The molecule has 156 valence electrons. The van der Waals surface area contributed by atoms with E-state index in [0.717, 1.165) is 53.0 Å². The predicted molar refractivity (Wildman–Crippen MR) is 115 cm³/mol. The van der Waals surface area contributed by atoms with Gasteiger partial charge in [-0.05, 0) is 67.3 Å². The number of amides is 4. The first kappa shape index (κ1) is 20.1. The van der Waals surface area contributed by atoms with Gasteiger partial charge in [0.25, 0.3) is 5.91 Å². The summed E-state index contributed by atoms with van der Waals surface area (Å²) in [4.78, 5) is 39.5. The van der Waals surface area contributed by atoms with Crippen molar-refractivity contribution in [3.8, 4) is 0 Å². The number of imide groups is 1. The summed E-state index contributed by atoms with van der Waals surface area (Å²) in [7, 11) is 0. The van der Waals surface area contributed by atoms with E-state index in [4.69, 9.17) is 0 Å². The van der Waals surface area contributed by atoms with Crippen LogP contribution in [-0.4, -0.2) is 29.3 Å². The molecule has 2 aromatic carbocycles. The number of para-hydroxylation sites is 1. The van der Waals surface area contributed by atoms with Crippen molar-refractivity contribution in [2.75, 3.05) is 11.9 Å². The largest absolute Gasteiger partial charge is 0.325 e. The lowest BCUT2D eigenvalue weighted by molar-refractivity contribution is -0.133. The van der Waals surface area contributed by atoms with Crippen molar-refractivity contribution in [2.45, 2.75) is 52.0 Å². The molecule has 6 nitrogen and oxygen atoms in total. The molecule has 1 saturated heterocycles. The zero-order chi connectivity index (χ0) is 21.5. The lowest BCUT2D eigenvalue weighted by Gasteiger charge is -2.23. The van der Waals surface area contributed by atoms with Gasteiger partial charge in [-0.25, -0.2) is 4.79 Å². The third kappa shape index (κ3) is 3.36. The average Bonchev–Trinajstić information content (AvgIpc) is 3.28. The predicted octanol–water partition coefficient (Wildman–Crippen LogP) is 3.45. The van der Waals surface area contributed by atoms with Crippen molar-refractivity contribution < 1.29 is 14.4 Å². The topological polar surface area (TPSA) is 78.5 Å². The molecule has 1 heterocycles. The molecule has 1 aliphatic carbocycles. The molecule has 1 fully saturated rings. The second-order valence-electron chi connectivity index (χ2n) is 8.29. The summed E-state index contributed by atoms with van der Waals surface area (Å²) < 4.78 is 0. The van der Waals surface area contributed by atoms with E-state index in [1.807, 2.05) is 50.2 Å². The fraction of sp³-hybridized carbons (Fsp3) is 0.375. The summed E-state index contributed by atoms with van der Waals surface area (Å²) in [5.74, 6) is -0.790. The Kier molecular flexibility index (Phi) is 5.10. The van der Waals surface area contributed by atoms with Gasteiger partial charge in [-0.15, -0.1) is 0 Å². The summed E-state index contributed by atoms with van der Waals surface area (Å²) in [5.41, 5.74) is 4.85. The van der Waals surface area contributed by atoms with Crippen LogP contribution in [0.4, 0.5) is 10.5 Å². The minimum atomic E-state index is -1.16. The first-order valence-corrected chi connectivity index (χ1v) is 10.5. The molecule has 1 aliphatic heterocycles. The number of carbonyl (C=O) groups is 3. The van der Waals surface area contributed by atoms with Gasteiger partial charge in [0.2, 0.25) is 5.91 Å². The Hall–Kier alpha value is -3.15. The van der Waals surface area contributed by atoms with Crippen molar-refractivity contribution in [1.82, 2.24) is 10.2 Å². The quantitative estimate of drug-likeness (QED) is 0.748. The highest BCUT2D eigenvalue weighted by Gasteiger charge is 2.49. The number of fused-ring (bicyclic) bond motifs is 1. The Labute approximate surface area is 176 Å². The van der Waals surface area contributed by atoms with Crippen molar-refractivity contribution >= 4 is 23.5 Å². The highest BCUT2D eigenvalue weighted by molar-refractivity contribution is 6.10. The Morgan fingerprint density at radius 1 is 1.17 bits per heavy atom. The SMILES string of the molecule is CCc1cccc(C)c1NC(=O)CN1C(=O)N[C@@](C)(c2ccc3c(c2)CCC3)C1=O. The number of aryl methyl sites for hydroxylation is 4. The van der Waals surface area contributed by atoms with Crippen LogP contribution in [0.3, 0.4) is 0 Å². The lowest BCUT2D eigenvalue weighted by Crippen LogP contribution is -2.42. The highest BCUT2D eigenvalue weighted by Crippen LogP contribution is 2.32. The van der Waals surface area contributed by atoms with Gasteiger partial charge in [-0.1, -0.05) is 43.3 Å². The Morgan fingerprint density at radius 2 is 1.93 bits per heavy atom. The van der Waals surface area contributed by atoms with E-state index in [1.54, 1.807) is 6.92 Å². The number of benzene rings is 2. The molecular weight excluding hydrogens is 378 g/mol. The molecule has 2 N–H and O–H groups in total. The third-order valence-electron chi connectivity index (χ3n) is 6.26. The Bertz CT molecular complexity index is 1050. The number of urea groups is 1. The van der Waals surface area contributed by atoms with Gasteiger partial charge in [0, 0.05) is 5.69 Å². The van der Waals surface area contributed by atoms with Gasteiger partial charge < -0.3 is 10.6 Å². The fourth-order valence-corrected chi connectivity index (χ4v) is 4.44. The number of nitrogens with one attached hydrogen (secondary N) is 2. The van der Waals surface area contributed by atoms with E-state index in [-0.39, 0.29) is 12.5 Å². The van der Waals surface area contributed by atoms with Crippen LogP contribution in [0.5, 0.6) is 0 Å². The van der Waals surface area contributed by atoms with Crippen molar-refractivity contribution in [2.24, 2.45) is 0 Å². The van der Waals surface area contributed by atoms with Gasteiger partial charge in [0.15, 0.2) is 0 Å². The summed E-state index contributed by atoms with van der Waals surface area (Å²) in [5, 5.41) is 5.68. The summed E-state index contributed by atoms with van der Waals surface area (Å²) >= 11 is 0. The highest BCUT2D eigenvalue weighted by atomic mass is 16.2. The summed E-state index contributed by atoms with van der Waals surface area (Å²) in [6.07, 6.45) is 3.93. The van der Waals surface area contributed by atoms with Crippen molar-refractivity contribution in [3.05, 3.63) is 64.2 Å². The molecule has 0 radical (unpaired) electrons. The van der Waals surface area contributed by atoms with Gasteiger partial charge in [-0.2, -0.15) is 0 Å². The van der Waals surface area contributed by atoms with Gasteiger partial charge in [0.1, 0.15) is 12.1 Å². The first-order valence-electron chi connectivity index (χ1n) is 10.5. The number of carbonyl (C=O) groups excluding carboxylic acids is 3. The normalized spacial score (nSPS) is 20.3. The maximum absolute atomic E-state index is 13.2. The van der Waals surface area contributed by atoms with E-state index in [2.05, 4.69) is 10.6 Å². The van der Waals surface area contributed by atoms with Gasteiger partial charge in [-0.3, -0.25) is 14.5 Å². The van der Waals surface area contributed by atoms with Crippen LogP contribution in [0.1, 0.15) is 48.1 Å².